The number of aliphatic carboxylic acids is 2. The Kier molecular flexibility index (Phi) is 11.7. The Hall–Kier alpha value is -5.04. The molecule has 0 bridgehead atoms. The minimum atomic E-state index is -1.31. The van der Waals surface area contributed by atoms with Crippen LogP contribution in [0.1, 0.15) is 29.7 Å². The zero-order valence-corrected chi connectivity index (χ0v) is 22.7. The van der Waals surface area contributed by atoms with Crippen molar-refractivity contribution in [1.82, 2.24) is 25.9 Å². The fourth-order valence-electron chi connectivity index (χ4n) is 4.17. The lowest BCUT2D eigenvalue weighted by Crippen LogP contribution is -2.58. The summed E-state index contributed by atoms with van der Waals surface area (Å²) in [7, 11) is 0. The van der Waals surface area contributed by atoms with Crippen LogP contribution in [-0.2, 0) is 43.2 Å². The highest BCUT2D eigenvalue weighted by molar-refractivity contribution is 5.94. The minimum Gasteiger partial charge on any atom is -0.481 e. The number of carbonyl (C=O) groups excluding carboxylic acids is 3. The van der Waals surface area contributed by atoms with Crippen LogP contribution in [0.4, 0.5) is 0 Å². The number of nitrogens with one attached hydrogen (secondary N) is 4. The van der Waals surface area contributed by atoms with E-state index in [-0.39, 0.29) is 32.1 Å². The van der Waals surface area contributed by atoms with Crippen LogP contribution in [0.5, 0.6) is 0 Å². The molecule has 2 aromatic carbocycles. The van der Waals surface area contributed by atoms with Gasteiger partial charge in [0.1, 0.15) is 18.1 Å². The maximum absolute atomic E-state index is 13.6. The minimum absolute atomic E-state index is 0.0406. The summed E-state index contributed by atoms with van der Waals surface area (Å²) >= 11 is 0. The molecule has 13 heteroatoms. The van der Waals surface area contributed by atoms with Gasteiger partial charge < -0.3 is 36.9 Å². The molecule has 42 heavy (non-hydrogen) atoms. The first kappa shape index (κ1) is 31.5. The van der Waals surface area contributed by atoms with Crippen LogP contribution < -0.4 is 21.7 Å². The first-order valence-electron chi connectivity index (χ1n) is 13.3. The van der Waals surface area contributed by atoms with Gasteiger partial charge in [0.05, 0.1) is 12.4 Å². The highest BCUT2D eigenvalue weighted by Gasteiger charge is 2.31. The summed E-state index contributed by atoms with van der Waals surface area (Å²) in [5.41, 5.74) is 7.78. The fourth-order valence-corrected chi connectivity index (χ4v) is 4.17. The van der Waals surface area contributed by atoms with Gasteiger partial charge in [-0.25, -0.2) is 9.78 Å². The van der Waals surface area contributed by atoms with E-state index in [4.69, 9.17) is 10.8 Å². The smallest absolute Gasteiger partial charge is 0.326 e. The molecule has 13 nitrogen and oxygen atoms in total. The number of aromatic nitrogens is 2. The van der Waals surface area contributed by atoms with E-state index < -0.39 is 53.8 Å². The summed E-state index contributed by atoms with van der Waals surface area (Å²) in [6.45, 7) is 0. The summed E-state index contributed by atoms with van der Waals surface area (Å²) in [6.07, 6.45) is 2.42. The number of H-pyrrole nitrogens is 1. The predicted molar refractivity (Wildman–Crippen MR) is 151 cm³/mol. The second-order valence-corrected chi connectivity index (χ2v) is 9.72. The monoisotopic (exact) mass is 578 g/mol. The van der Waals surface area contributed by atoms with E-state index in [1.54, 1.807) is 60.7 Å². The van der Waals surface area contributed by atoms with Crippen molar-refractivity contribution >= 4 is 29.7 Å². The van der Waals surface area contributed by atoms with Gasteiger partial charge in [0.15, 0.2) is 0 Å². The summed E-state index contributed by atoms with van der Waals surface area (Å²) in [6, 6.07) is 12.9. The van der Waals surface area contributed by atoms with E-state index in [2.05, 4.69) is 25.9 Å². The molecule has 222 valence electrons. The zero-order chi connectivity index (χ0) is 30.5. The Labute approximate surface area is 241 Å². The van der Waals surface area contributed by atoms with Crippen molar-refractivity contribution in [2.45, 2.75) is 56.3 Å². The molecule has 0 aliphatic carbocycles. The molecule has 1 heterocycles. The topological polar surface area (TPSA) is 217 Å². The first-order chi connectivity index (χ1) is 20.1. The SMILES string of the molecule is NC(CCC(=O)O)C(=O)NC(Cc1ccccc1)C(=O)NC(Cc1ccccc1)C(=O)NC(Cc1cnc[nH]1)C(=O)O. The molecule has 0 saturated heterocycles. The molecule has 0 aliphatic rings. The highest BCUT2D eigenvalue weighted by Crippen LogP contribution is 2.09. The lowest BCUT2D eigenvalue weighted by atomic mass is 10.0. The van der Waals surface area contributed by atoms with Crippen molar-refractivity contribution in [3.8, 4) is 0 Å². The molecule has 8 N–H and O–H groups in total. The molecule has 3 amide bonds. The third-order valence-electron chi connectivity index (χ3n) is 6.43. The van der Waals surface area contributed by atoms with Crippen molar-refractivity contribution < 1.29 is 34.2 Å². The quantitative estimate of drug-likeness (QED) is 0.123. The maximum atomic E-state index is 13.6. The summed E-state index contributed by atoms with van der Waals surface area (Å²) < 4.78 is 0. The molecule has 3 rings (SSSR count). The number of carboxylic acids is 2. The van der Waals surface area contributed by atoms with Crippen LogP contribution in [0.3, 0.4) is 0 Å². The van der Waals surface area contributed by atoms with E-state index in [9.17, 15) is 29.1 Å². The summed E-state index contributed by atoms with van der Waals surface area (Å²) in [5.74, 6) is -4.54. The second kappa shape index (κ2) is 15.7. The predicted octanol–water partition coefficient (Wildman–Crippen LogP) is 0.169. The Morgan fingerprint density at radius 1 is 0.738 bits per heavy atom. The second-order valence-electron chi connectivity index (χ2n) is 9.72. The van der Waals surface area contributed by atoms with Gasteiger partial charge in [-0.2, -0.15) is 0 Å². The molecular formula is C29H34N6O7. The number of hydrogen-bond acceptors (Lipinski definition) is 7. The highest BCUT2D eigenvalue weighted by atomic mass is 16.4. The number of benzene rings is 2. The van der Waals surface area contributed by atoms with Gasteiger partial charge in [0.25, 0.3) is 0 Å². The van der Waals surface area contributed by atoms with Gasteiger partial charge in [-0.05, 0) is 17.5 Å². The normalized spacial score (nSPS) is 13.6. The van der Waals surface area contributed by atoms with Gasteiger partial charge in [0, 0.05) is 37.6 Å². The van der Waals surface area contributed by atoms with E-state index in [0.717, 1.165) is 0 Å². The van der Waals surface area contributed by atoms with Crippen molar-refractivity contribution in [2.24, 2.45) is 5.73 Å². The molecule has 4 atom stereocenters. The Morgan fingerprint density at radius 3 is 1.69 bits per heavy atom. The number of rotatable bonds is 16. The van der Waals surface area contributed by atoms with Gasteiger partial charge >= 0.3 is 11.9 Å². The molecule has 0 spiro atoms. The summed E-state index contributed by atoms with van der Waals surface area (Å²) in [4.78, 5) is 69.3. The largest absolute Gasteiger partial charge is 0.481 e. The number of nitrogens with zero attached hydrogens (tertiary/aromatic N) is 1. The van der Waals surface area contributed by atoms with Gasteiger partial charge in [-0.15, -0.1) is 0 Å². The average molecular weight is 579 g/mol. The van der Waals surface area contributed by atoms with Crippen LogP contribution in [-0.4, -0.2) is 74.0 Å². The van der Waals surface area contributed by atoms with Crippen LogP contribution >= 0.6 is 0 Å². The Morgan fingerprint density at radius 2 is 1.24 bits per heavy atom. The number of aromatic amines is 1. The lowest BCUT2D eigenvalue weighted by molar-refractivity contribution is -0.142. The molecule has 3 aromatic rings. The third-order valence-corrected chi connectivity index (χ3v) is 6.43. The van der Waals surface area contributed by atoms with Crippen molar-refractivity contribution in [3.63, 3.8) is 0 Å². The maximum Gasteiger partial charge on any atom is 0.326 e. The van der Waals surface area contributed by atoms with E-state index >= 15 is 0 Å². The number of nitrogens with two attached hydrogens (primary N) is 1. The van der Waals surface area contributed by atoms with Crippen molar-refractivity contribution in [3.05, 3.63) is 90.0 Å². The Balaban J connectivity index is 1.81. The molecular weight excluding hydrogens is 544 g/mol. The van der Waals surface area contributed by atoms with Crippen LogP contribution in [0.25, 0.3) is 0 Å². The van der Waals surface area contributed by atoms with Gasteiger partial charge in [-0.1, -0.05) is 60.7 Å². The van der Waals surface area contributed by atoms with E-state index in [1.807, 2.05) is 0 Å². The molecule has 0 fully saturated rings. The van der Waals surface area contributed by atoms with Crippen LogP contribution in [0.2, 0.25) is 0 Å². The Bertz CT molecular complexity index is 1340. The van der Waals surface area contributed by atoms with Crippen LogP contribution in [0.15, 0.2) is 73.2 Å². The first-order valence-corrected chi connectivity index (χ1v) is 13.3. The number of hydrogen-bond donors (Lipinski definition) is 7. The average Bonchev–Trinajstić information content (AvgIpc) is 3.49. The number of imidazole rings is 1. The van der Waals surface area contributed by atoms with Crippen molar-refractivity contribution in [1.29, 1.82) is 0 Å². The number of amides is 3. The molecule has 4 unspecified atom stereocenters. The lowest BCUT2D eigenvalue weighted by Gasteiger charge is -2.25. The molecule has 0 aliphatic heterocycles. The number of carboxylic acid groups (broad SMARTS) is 2. The third kappa shape index (κ3) is 10.2. The zero-order valence-electron chi connectivity index (χ0n) is 22.7. The van der Waals surface area contributed by atoms with E-state index in [1.165, 1.54) is 12.5 Å². The summed E-state index contributed by atoms with van der Waals surface area (Å²) in [5, 5.41) is 26.4. The number of carbonyl (C=O) groups is 5. The van der Waals surface area contributed by atoms with Gasteiger partial charge in [0.2, 0.25) is 17.7 Å². The van der Waals surface area contributed by atoms with E-state index in [0.29, 0.717) is 16.8 Å². The standard InChI is InChI=1S/C29H34N6O7/c30-21(11-12-25(36)37)26(38)33-22(13-18-7-3-1-4-8-18)27(39)34-23(14-19-9-5-2-6-10-19)28(40)35-24(29(41)42)15-20-16-31-17-32-20/h1-10,16-17,21-24H,11-15,30H2,(H,31,32)(H,33,38)(H,34,39)(H,35,40)(H,36,37)(H,41,42). The van der Waals surface area contributed by atoms with Gasteiger partial charge in [-0.3, -0.25) is 19.2 Å². The molecule has 0 saturated carbocycles. The molecule has 1 aromatic heterocycles. The molecule has 0 radical (unpaired) electrons. The van der Waals surface area contributed by atoms with Crippen molar-refractivity contribution in [2.75, 3.05) is 0 Å². The van der Waals surface area contributed by atoms with Crippen LogP contribution in [0, 0.1) is 0 Å². The fraction of sp³-hybridized carbons (Fsp3) is 0.310.